The molecule has 2 N–H and O–H groups in total. The highest BCUT2D eigenvalue weighted by atomic mass is 35.5. The highest BCUT2D eigenvalue weighted by Crippen LogP contribution is 2.39. The lowest BCUT2D eigenvalue weighted by Gasteiger charge is -2.21. The summed E-state index contributed by atoms with van der Waals surface area (Å²) in [5.41, 5.74) is 0.201. The van der Waals surface area contributed by atoms with Crippen LogP contribution < -0.4 is 15.4 Å². The molecule has 0 unspecified atom stereocenters. The van der Waals surface area contributed by atoms with Crippen molar-refractivity contribution in [2.24, 2.45) is 0 Å². The Labute approximate surface area is 248 Å². The lowest BCUT2D eigenvalue weighted by atomic mass is 9.86. The molecule has 1 atom stereocenters. The fourth-order valence-corrected chi connectivity index (χ4v) is 5.33. The van der Waals surface area contributed by atoms with Gasteiger partial charge in [-0.05, 0) is 60.9 Å². The maximum absolute atomic E-state index is 15.3. The summed E-state index contributed by atoms with van der Waals surface area (Å²) in [7, 11) is 1.18. The largest absolute Gasteiger partial charge is 0.618 e. The van der Waals surface area contributed by atoms with Crippen molar-refractivity contribution in [2.75, 3.05) is 17.7 Å². The molecule has 0 aliphatic carbocycles. The summed E-state index contributed by atoms with van der Waals surface area (Å²) in [6.45, 7) is 0. The molecule has 4 aromatic rings. The number of carbonyl (C=O) groups excluding carboxylic acids is 2. The number of aromatic nitrogens is 1. The normalized spacial score (nSPS) is 15.0. The molecule has 1 aromatic heterocycles. The van der Waals surface area contributed by atoms with E-state index < -0.39 is 40.8 Å². The number of nitrogens with one attached hydrogen (secondary N) is 2. The zero-order chi connectivity index (χ0) is 30.8. The van der Waals surface area contributed by atoms with Crippen molar-refractivity contribution >= 4 is 35.0 Å². The van der Waals surface area contributed by atoms with Gasteiger partial charge in [0.1, 0.15) is 5.82 Å². The minimum atomic E-state index is -1.18. The Kier molecular flexibility index (Phi) is 8.54. The monoisotopic (exact) mass is 613 g/mol. The molecule has 12 heteroatoms. The first kappa shape index (κ1) is 29.8. The molecule has 0 saturated carbocycles. The number of hydrogen-bond donors (Lipinski definition) is 2. The van der Waals surface area contributed by atoms with Crippen molar-refractivity contribution in [3.05, 3.63) is 106 Å². The van der Waals surface area contributed by atoms with Crippen LogP contribution in [0, 0.1) is 28.5 Å². The Bertz CT molecular complexity index is 1750. The number of amides is 2. The maximum atomic E-state index is 15.3. The van der Waals surface area contributed by atoms with Crippen molar-refractivity contribution < 1.29 is 36.6 Å². The first-order valence-electron chi connectivity index (χ1n) is 13.2. The second-order valence-electron chi connectivity index (χ2n) is 9.97. The highest BCUT2D eigenvalue weighted by Gasteiger charge is 2.28. The fourth-order valence-electron chi connectivity index (χ4n) is 5.17. The molecule has 43 heavy (non-hydrogen) atoms. The number of fused-ring (bicyclic) bond motifs is 4. The number of pyridine rings is 1. The summed E-state index contributed by atoms with van der Waals surface area (Å²) in [6, 6.07) is 11.4. The van der Waals surface area contributed by atoms with Crippen LogP contribution in [0.1, 0.15) is 42.9 Å². The van der Waals surface area contributed by atoms with Gasteiger partial charge in [-0.3, -0.25) is 10.1 Å². The van der Waals surface area contributed by atoms with Crippen LogP contribution >= 0.6 is 11.6 Å². The van der Waals surface area contributed by atoms with Crippen LogP contribution in [0.2, 0.25) is 5.02 Å². The predicted octanol–water partition coefficient (Wildman–Crippen LogP) is 7.69. The molecular formula is C31H24ClF4N3O4. The van der Waals surface area contributed by atoms with Crippen LogP contribution in [0.3, 0.4) is 0 Å². The Morgan fingerprint density at radius 3 is 2.53 bits per heavy atom. The van der Waals surface area contributed by atoms with Gasteiger partial charge in [-0.2, -0.15) is 4.73 Å². The summed E-state index contributed by atoms with van der Waals surface area (Å²) in [6.07, 6.45) is 1.46. The number of methoxy groups -OCH3 is 1. The van der Waals surface area contributed by atoms with Crippen LogP contribution in [0.15, 0.2) is 60.8 Å². The Balaban J connectivity index is 1.63. The SMILES string of the molecule is COC(=O)Nc1ccc2c(c1)NC(=O)CCCC[C@H](c1ccc(-c3c(F)ccc(Cl)c3F)c[n+]1[O-])c1cc(F)c(F)c-2c1. The average Bonchev–Trinajstić information content (AvgIpc) is 2.97. The molecule has 7 nitrogen and oxygen atoms in total. The molecule has 222 valence electrons. The number of nitrogens with zero attached hydrogens (tertiary/aromatic N) is 1. The van der Waals surface area contributed by atoms with Gasteiger partial charge in [-0.15, -0.1) is 0 Å². The van der Waals surface area contributed by atoms with E-state index in [9.17, 15) is 23.6 Å². The number of halogens is 5. The van der Waals surface area contributed by atoms with E-state index in [1.165, 1.54) is 43.5 Å². The van der Waals surface area contributed by atoms with E-state index in [-0.39, 0.29) is 63.1 Å². The topological polar surface area (TPSA) is 94.4 Å². The van der Waals surface area contributed by atoms with Crippen molar-refractivity contribution in [2.45, 2.75) is 31.6 Å². The van der Waals surface area contributed by atoms with Crippen molar-refractivity contribution in [1.29, 1.82) is 0 Å². The third kappa shape index (κ3) is 6.12. The van der Waals surface area contributed by atoms with Crippen molar-refractivity contribution in [1.82, 2.24) is 0 Å². The number of benzene rings is 3. The summed E-state index contributed by atoms with van der Waals surface area (Å²) in [5.74, 6) is -5.44. The molecule has 3 aromatic carbocycles. The van der Waals surface area contributed by atoms with Gasteiger partial charge in [0, 0.05) is 29.3 Å². The molecule has 0 spiro atoms. The fraction of sp³-hybridized carbons (Fsp3) is 0.194. The first-order chi connectivity index (χ1) is 20.6. The standard InChI is InChI=1S/C31H24ClF4N3O4/c1-43-31(41)37-18-7-8-20-21-12-17(13-24(34)29(21)35)19(4-2-3-5-27(40)38-25(20)14-18)26-11-6-16(15-39(26)42)28-23(33)10-9-22(32)30(28)36/h6-15,19H,2-5H2,1H3,(H,37,41)(H,38,40)/t19-/m0/s1. The zero-order valence-electron chi connectivity index (χ0n) is 22.6. The lowest BCUT2D eigenvalue weighted by Crippen LogP contribution is -2.34. The van der Waals surface area contributed by atoms with Crippen LogP contribution in [0.4, 0.5) is 33.7 Å². The smallest absolute Gasteiger partial charge is 0.411 e. The van der Waals surface area contributed by atoms with Gasteiger partial charge < -0.3 is 15.3 Å². The molecule has 0 saturated heterocycles. The van der Waals surface area contributed by atoms with Crippen LogP contribution in [0.5, 0.6) is 0 Å². The van der Waals surface area contributed by atoms with E-state index in [0.717, 1.165) is 24.4 Å². The molecule has 1 aliphatic rings. The van der Waals surface area contributed by atoms with Gasteiger partial charge >= 0.3 is 6.09 Å². The highest BCUT2D eigenvalue weighted by molar-refractivity contribution is 6.31. The first-order valence-corrected chi connectivity index (χ1v) is 13.6. The number of anilines is 2. The van der Waals surface area contributed by atoms with Crippen LogP contribution in [0.25, 0.3) is 22.3 Å². The van der Waals surface area contributed by atoms with Gasteiger partial charge in [0.05, 0.1) is 34.9 Å². The zero-order valence-corrected chi connectivity index (χ0v) is 23.4. The quantitative estimate of drug-likeness (QED) is 0.107. The summed E-state index contributed by atoms with van der Waals surface area (Å²) in [4.78, 5) is 24.5. The van der Waals surface area contributed by atoms with Crippen LogP contribution in [-0.2, 0) is 9.53 Å². The molecular weight excluding hydrogens is 590 g/mol. The Hall–Kier alpha value is -4.64. The Morgan fingerprint density at radius 2 is 1.79 bits per heavy atom. The summed E-state index contributed by atoms with van der Waals surface area (Å²) >= 11 is 5.82. The van der Waals surface area contributed by atoms with E-state index in [1.807, 2.05) is 0 Å². The molecule has 2 heterocycles. The average molecular weight is 614 g/mol. The van der Waals surface area contributed by atoms with E-state index in [4.69, 9.17) is 11.6 Å². The number of ether oxygens (including phenoxy) is 1. The van der Waals surface area contributed by atoms with Crippen LogP contribution in [-0.4, -0.2) is 19.1 Å². The molecule has 0 fully saturated rings. The number of rotatable bonds is 3. The molecule has 0 radical (unpaired) electrons. The second kappa shape index (κ2) is 12.3. The minimum absolute atomic E-state index is 0.0580. The van der Waals surface area contributed by atoms with E-state index in [0.29, 0.717) is 17.6 Å². The van der Waals surface area contributed by atoms with Gasteiger partial charge in [0.25, 0.3) is 0 Å². The molecule has 5 rings (SSSR count). The van der Waals surface area contributed by atoms with E-state index >= 15 is 8.78 Å². The molecule has 2 bridgehead atoms. The minimum Gasteiger partial charge on any atom is -0.618 e. The molecule has 1 aliphatic heterocycles. The van der Waals surface area contributed by atoms with Gasteiger partial charge in [0.2, 0.25) is 5.91 Å². The third-order valence-corrected chi connectivity index (χ3v) is 7.54. The van der Waals surface area contributed by atoms with Gasteiger partial charge in [-0.1, -0.05) is 24.1 Å². The summed E-state index contributed by atoms with van der Waals surface area (Å²) < 4.78 is 64.6. The van der Waals surface area contributed by atoms with Gasteiger partial charge in [0.15, 0.2) is 29.3 Å². The van der Waals surface area contributed by atoms with E-state index in [1.54, 1.807) is 0 Å². The predicted molar refractivity (Wildman–Crippen MR) is 153 cm³/mol. The van der Waals surface area contributed by atoms with Gasteiger partial charge in [-0.25, -0.2) is 22.4 Å². The summed E-state index contributed by atoms with van der Waals surface area (Å²) in [5, 5.41) is 18.2. The van der Waals surface area contributed by atoms with Crippen molar-refractivity contribution in [3.8, 4) is 22.3 Å². The number of hydrogen-bond acceptors (Lipinski definition) is 4. The Morgan fingerprint density at radius 1 is 1.00 bits per heavy atom. The van der Waals surface area contributed by atoms with Crippen molar-refractivity contribution in [3.63, 3.8) is 0 Å². The maximum Gasteiger partial charge on any atom is 0.411 e. The second-order valence-corrected chi connectivity index (χ2v) is 10.4. The number of carbonyl (C=O) groups is 2. The molecule has 2 amide bonds. The van der Waals surface area contributed by atoms with E-state index in [2.05, 4.69) is 15.4 Å². The third-order valence-electron chi connectivity index (χ3n) is 7.25. The lowest BCUT2D eigenvalue weighted by molar-refractivity contribution is -0.614.